The molecule has 0 radical (unpaired) electrons. The summed E-state index contributed by atoms with van der Waals surface area (Å²) in [5, 5.41) is 3.26. The summed E-state index contributed by atoms with van der Waals surface area (Å²) in [5.74, 6) is -0.405. The minimum absolute atomic E-state index is 0.0662. The third-order valence-electron chi connectivity index (χ3n) is 3.99. The van der Waals surface area contributed by atoms with Crippen LogP contribution in [0.15, 0.2) is 71.8 Å². The van der Waals surface area contributed by atoms with Crippen LogP contribution in [-0.4, -0.2) is 14.5 Å². The van der Waals surface area contributed by atoms with Crippen molar-refractivity contribution in [1.29, 1.82) is 0 Å². The van der Waals surface area contributed by atoms with Gasteiger partial charge in [-0.05, 0) is 36.4 Å². The first-order valence-corrected chi connectivity index (χ1v) is 8.03. The largest absolute Gasteiger partial charge is 0.324 e. The highest BCUT2D eigenvalue weighted by Gasteiger charge is 2.16. The molecule has 2 heterocycles. The first-order valence-electron chi connectivity index (χ1n) is 8.03. The molecule has 0 atom stereocenters. The summed E-state index contributed by atoms with van der Waals surface area (Å²) in [5.41, 5.74) is 0.922. The second-order valence-corrected chi connectivity index (χ2v) is 5.71. The molecule has 4 rings (SSSR count). The third-order valence-corrected chi connectivity index (χ3v) is 3.99. The number of nitrogens with one attached hydrogen (secondary N) is 1. The lowest BCUT2D eigenvalue weighted by atomic mass is 10.2. The maximum Gasteiger partial charge on any atom is 0.266 e. The maximum absolute atomic E-state index is 14.4. The third kappa shape index (κ3) is 3.00. The Morgan fingerprint density at radius 2 is 1.96 bits per heavy atom. The first-order chi connectivity index (χ1) is 13.2. The summed E-state index contributed by atoms with van der Waals surface area (Å²) in [6, 6.07) is 14.1. The number of fused-ring (bicyclic) bond motifs is 1. The number of nitrogens with zero attached hydrogens (tertiary/aromatic N) is 4. The van der Waals surface area contributed by atoms with E-state index in [1.165, 1.54) is 22.8 Å². The van der Waals surface area contributed by atoms with E-state index in [0.717, 1.165) is 0 Å². The van der Waals surface area contributed by atoms with Crippen LogP contribution >= 0.6 is 0 Å². The topological polar surface area (TPSA) is 64.2 Å². The average Bonchev–Trinajstić information content (AvgIpc) is 2.70. The standard InChI is InChI=1S/C20H12FN5O/c1-22-13-8-9-17-15(11-13)19(27)26(18-7-3-2-6-16(18)21)20(25-17)24-14-5-4-10-23-12-14/h2-12H,(H,24,25). The van der Waals surface area contributed by atoms with Gasteiger partial charge in [-0.25, -0.2) is 18.8 Å². The Morgan fingerprint density at radius 3 is 2.70 bits per heavy atom. The van der Waals surface area contributed by atoms with Gasteiger partial charge in [-0.1, -0.05) is 18.2 Å². The number of hydrogen-bond acceptors (Lipinski definition) is 4. The molecule has 0 saturated carbocycles. The molecule has 130 valence electrons. The van der Waals surface area contributed by atoms with Crippen molar-refractivity contribution in [2.75, 3.05) is 5.32 Å². The molecule has 27 heavy (non-hydrogen) atoms. The predicted molar refractivity (Wildman–Crippen MR) is 101 cm³/mol. The van der Waals surface area contributed by atoms with Crippen LogP contribution in [0.1, 0.15) is 0 Å². The lowest BCUT2D eigenvalue weighted by molar-refractivity contribution is 0.616. The molecule has 0 bridgehead atoms. The Balaban J connectivity index is 2.03. The zero-order chi connectivity index (χ0) is 18.8. The Morgan fingerprint density at radius 1 is 1.11 bits per heavy atom. The van der Waals surface area contributed by atoms with Crippen LogP contribution in [-0.2, 0) is 0 Å². The lowest BCUT2D eigenvalue weighted by Crippen LogP contribution is -2.23. The molecule has 0 saturated heterocycles. The Kier molecular flexibility index (Phi) is 4.07. The van der Waals surface area contributed by atoms with Gasteiger partial charge in [-0.2, -0.15) is 0 Å². The molecule has 0 aliphatic rings. The van der Waals surface area contributed by atoms with Crippen LogP contribution in [0.25, 0.3) is 21.4 Å². The minimum Gasteiger partial charge on any atom is -0.324 e. The van der Waals surface area contributed by atoms with Gasteiger partial charge >= 0.3 is 0 Å². The smallest absolute Gasteiger partial charge is 0.266 e. The summed E-state index contributed by atoms with van der Waals surface area (Å²) >= 11 is 0. The SMILES string of the molecule is [C-]#[N+]c1ccc2nc(Nc3cccnc3)n(-c3ccccc3F)c(=O)c2c1. The number of rotatable bonds is 3. The van der Waals surface area contributed by atoms with E-state index in [9.17, 15) is 9.18 Å². The number of hydrogen-bond donors (Lipinski definition) is 1. The van der Waals surface area contributed by atoms with E-state index in [2.05, 4.69) is 20.1 Å². The summed E-state index contributed by atoms with van der Waals surface area (Å²) in [6.07, 6.45) is 3.19. The first kappa shape index (κ1) is 16.4. The molecular weight excluding hydrogens is 345 g/mol. The average molecular weight is 357 g/mol. The second-order valence-electron chi connectivity index (χ2n) is 5.71. The van der Waals surface area contributed by atoms with Crippen molar-refractivity contribution < 1.29 is 4.39 Å². The molecule has 7 heteroatoms. The molecule has 0 fully saturated rings. The van der Waals surface area contributed by atoms with E-state index in [1.54, 1.807) is 48.8 Å². The number of halogens is 1. The highest BCUT2D eigenvalue weighted by Crippen LogP contribution is 2.23. The minimum atomic E-state index is -0.559. The van der Waals surface area contributed by atoms with Gasteiger partial charge < -0.3 is 5.32 Å². The van der Waals surface area contributed by atoms with Gasteiger partial charge in [0.2, 0.25) is 5.95 Å². The fourth-order valence-corrected chi connectivity index (χ4v) is 2.75. The normalized spacial score (nSPS) is 10.5. The van der Waals surface area contributed by atoms with Crippen LogP contribution < -0.4 is 10.9 Å². The van der Waals surface area contributed by atoms with Crippen molar-refractivity contribution in [1.82, 2.24) is 14.5 Å². The molecule has 0 spiro atoms. The second kappa shape index (κ2) is 6.69. The molecule has 0 aliphatic carbocycles. The lowest BCUT2D eigenvalue weighted by Gasteiger charge is -2.15. The Labute approximate surface area is 153 Å². The van der Waals surface area contributed by atoms with Gasteiger partial charge in [0.1, 0.15) is 5.82 Å². The van der Waals surface area contributed by atoms with Crippen molar-refractivity contribution in [3.63, 3.8) is 0 Å². The predicted octanol–water partition coefficient (Wildman–Crippen LogP) is 4.21. The number of benzene rings is 2. The van der Waals surface area contributed by atoms with Crippen LogP contribution in [0.4, 0.5) is 21.7 Å². The monoisotopic (exact) mass is 357 g/mol. The van der Waals surface area contributed by atoms with Crippen molar-refractivity contribution in [3.8, 4) is 5.69 Å². The quantitative estimate of drug-likeness (QED) is 0.558. The molecule has 1 N–H and O–H groups in total. The fourth-order valence-electron chi connectivity index (χ4n) is 2.75. The fraction of sp³-hybridized carbons (Fsp3) is 0. The highest BCUT2D eigenvalue weighted by molar-refractivity contribution is 5.83. The zero-order valence-electron chi connectivity index (χ0n) is 13.9. The van der Waals surface area contributed by atoms with Gasteiger partial charge in [-0.15, -0.1) is 0 Å². The van der Waals surface area contributed by atoms with Gasteiger partial charge in [0.05, 0.1) is 35.0 Å². The summed E-state index contributed by atoms with van der Waals surface area (Å²) in [4.78, 5) is 25.0. The van der Waals surface area contributed by atoms with Crippen molar-refractivity contribution in [2.24, 2.45) is 0 Å². The summed E-state index contributed by atoms with van der Waals surface area (Å²) in [7, 11) is 0. The van der Waals surface area contributed by atoms with Gasteiger partial charge in [0.15, 0.2) is 5.69 Å². The van der Waals surface area contributed by atoms with Gasteiger partial charge in [0.25, 0.3) is 5.56 Å². The number of para-hydroxylation sites is 1. The zero-order valence-corrected chi connectivity index (χ0v) is 13.9. The number of aromatic nitrogens is 3. The van der Waals surface area contributed by atoms with Crippen LogP contribution in [0.3, 0.4) is 0 Å². The molecule has 2 aromatic carbocycles. The van der Waals surface area contributed by atoms with E-state index >= 15 is 0 Å². The molecule has 0 amide bonds. The van der Waals surface area contributed by atoms with Crippen LogP contribution in [0.5, 0.6) is 0 Å². The molecule has 6 nitrogen and oxygen atoms in total. The van der Waals surface area contributed by atoms with Crippen molar-refractivity contribution in [3.05, 3.63) is 94.6 Å². The Bertz CT molecular complexity index is 1240. The summed E-state index contributed by atoms with van der Waals surface area (Å²) < 4.78 is 15.6. The molecule has 0 unspecified atom stereocenters. The van der Waals surface area contributed by atoms with Gasteiger partial charge in [0, 0.05) is 6.20 Å². The van der Waals surface area contributed by atoms with E-state index < -0.39 is 11.4 Å². The van der Waals surface area contributed by atoms with E-state index in [-0.39, 0.29) is 17.0 Å². The Hall–Kier alpha value is -4.05. The highest BCUT2D eigenvalue weighted by atomic mass is 19.1. The van der Waals surface area contributed by atoms with E-state index in [0.29, 0.717) is 16.9 Å². The molecular formula is C20H12FN5O. The van der Waals surface area contributed by atoms with E-state index in [4.69, 9.17) is 6.57 Å². The van der Waals surface area contributed by atoms with E-state index in [1.807, 2.05) is 0 Å². The van der Waals surface area contributed by atoms with Crippen LogP contribution in [0.2, 0.25) is 0 Å². The number of pyridine rings is 1. The molecule has 4 aromatic rings. The molecule has 0 aliphatic heterocycles. The van der Waals surface area contributed by atoms with Crippen molar-refractivity contribution >= 4 is 28.2 Å². The molecule has 2 aromatic heterocycles. The summed E-state index contributed by atoms with van der Waals surface area (Å²) in [6.45, 7) is 7.15. The number of anilines is 2. The van der Waals surface area contributed by atoms with Gasteiger partial charge in [-0.3, -0.25) is 9.78 Å². The maximum atomic E-state index is 14.4. The van der Waals surface area contributed by atoms with Crippen LogP contribution in [0, 0.1) is 12.4 Å². The van der Waals surface area contributed by atoms with Crippen molar-refractivity contribution in [2.45, 2.75) is 0 Å².